The minimum atomic E-state index is 0.105. The minimum Gasteiger partial charge on any atom is -0.384 e. The molecule has 0 spiro atoms. The van der Waals surface area contributed by atoms with Gasteiger partial charge in [-0.3, -0.25) is 0 Å². The Morgan fingerprint density at radius 2 is 2.29 bits per heavy atom. The van der Waals surface area contributed by atoms with Crippen molar-refractivity contribution in [1.82, 2.24) is 0 Å². The lowest BCUT2D eigenvalue weighted by molar-refractivity contribution is -0.0192. The third-order valence-electron chi connectivity index (χ3n) is 2.70. The number of methoxy groups -OCH3 is 1. The van der Waals surface area contributed by atoms with E-state index in [2.05, 4.69) is 29.8 Å². The fourth-order valence-corrected chi connectivity index (χ4v) is 2.44. The molecular weight excluding hydrogens is 244 g/mol. The van der Waals surface area contributed by atoms with Crippen LogP contribution in [0.1, 0.15) is 39.5 Å². The summed E-state index contributed by atoms with van der Waals surface area (Å²) in [5, 5.41) is 0. The summed E-state index contributed by atoms with van der Waals surface area (Å²) in [6, 6.07) is 0. The Bertz CT molecular complexity index is 171. The number of ether oxygens (including phenoxy) is 2. The maximum Gasteiger partial charge on any atom is 0.0631 e. The summed E-state index contributed by atoms with van der Waals surface area (Å²) in [5.74, 6) is 0. The van der Waals surface area contributed by atoms with Crippen LogP contribution in [-0.2, 0) is 9.47 Å². The Balaban J connectivity index is 2.14. The van der Waals surface area contributed by atoms with Crippen LogP contribution in [0.2, 0.25) is 0 Å². The molecule has 0 saturated carbocycles. The van der Waals surface area contributed by atoms with Gasteiger partial charge in [-0.25, -0.2) is 0 Å². The second-order valence-electron chi connectivity index (χ2n) is 4.67. The predicted octanol–water partition coefficient (Wildman–Crippen LogP) is 3.13. The summed E-state index contributed by atoms with van der Waals surface area (Å²) >= 11 is 3.59. The summed E-state index contributed by atoms with van der Waals surface area (Å²) < 4.78 is 11.0. The molecule has 2 atom stereocenters. The SMILES string of the molecule is COCC(Br)CCC1CCC(C)(C)O1. The van der Waals surface area contributed by atoms with Gasteiger partial charge in [-0.05, 0) is 39.5 Å². The molecule has 1 fully saturated rings. The highest BCUT2D eigenvalue weighted by atomic mass is 79.9. The molecule has 1 saturated heterocycles. The first-order chi connectivity index (χ1) is 6.53. The van der Waals surface area contributed by atoms with E-state index in [0.717, 1.165) is 19.4 Å². The van der Waals surface area contributed by atoms with E-state index in [-0.39, 0.29) is 5.60 Å². The summed E-state index contributed by atoms with van der Waals surface area (Å²) in [4.78, 5) is 0.472. The van der Waals surface area contributed by atoms with Crippen molar-refractivity contribution in [3.05, 3.63) is 0 Å². The molecule has 0 amide bonds. The molecule has 3 heteroatoms. The van der Waals surface area contributed by atoms with Crippen molar-refractivity contribution in [3.63, 3.8) is 0 Å². The number of rotatable bonds is 5. The predicted molar refractivity (Wildman–Crippen MR) is 62.0 cm³/mol. The summed E-state index contributed by atoms with van der Waals surface area (Å²) in [6.07, 6.45) is 5.13. The quantitative estimate of drug-likeness (QED) is 0.711. The highest BCUT2D eigenvalue weighted by Gasteiger charge is 2.31. The van der Waals surface area contributed by atoms with Crippen molar-refractivity contribution in [3.8, 4) is 0 Å². The van der Waals surface area contributed by atoms with Crippen molar-refractivity contribution in [2.45, 2.75) is 56.1 Å². The molecule has 1 aliphatic heterocycles. The molecular formula is C11H21BrO2. The largest absolute Gasteiger partial charge is 0.384 e. The molecule has 1 rings (SSSR count). The molecule has 0 aromatic rings. The topological polar surface area (TPSA) is 18.5 Å². The third kappa shape index (κ3) is 4.28. The Kier molecular flexibility index (Phi) is 4.88. The molecule has 0 aromatic carbocycles. The maximum absolute atomic E-state index is 5.92. The first-order valence-electron chi connectivity index (χ1n) is 5.34. The van der Waals surface area contributed by atoms with E-state index in [1.807, 2.05) is 0 Å². The smallest absolute Gasteiger partial charge is 0.0631 e. The van der Waals surface area contributed by atoms with E-state index in [1.165, 1.54) is 12.8 Å². The molecule has 1 heterocycles. The molecule has 84 valence electrons. The number of hydrogen-bond donors (Lipinski definition) is 0. The molecule has 2 unspecified atom stereocenters. The van der Waals surface area contributed by atoms with Crippen molar-refractivity contribution >= 4 is 15.9 Å². The van der Waals surface area contributed by atoms with E-state index in [4.69, 9.17) is 9.47 Å². The Morgan fingerprint density at radius 1 is 1.57 bits per heavy atom. The third-order valence-corrected chi connectivity index (χ3v) is 3.43. The van der Waals surface area contributed by atoms with Gasteiger partial charge in [-0.1, -0.05) is 15.9 Å². The Morgan fingerprint density at radius 3 is 2.79 bits per heavy atom. The molecule has 0 aromatic heterocycles. The molecule has 1 aliphatic rings. The Hall–Kier alpha value is 0.400. The molecule has 0 aliphatic carbocycles. The average Bonchev–Trinajstić information content (AvgIpc) is 2.43. The maximum atomic E-state index is 5.92. The van der Waals surface area contributed by atoms with Gasteiger partial charge in [-0.2, -0.15) is 0 Å². The summed E-state index contributed by atoms with van der Waals surface area (Å²) in [7, 11) is 1.74. The van der Waals surface area contributed by atoms with Crippen molar-refractivity contribution in [2.24, 2.45) is 0 Å². The second-order valence-corrected chi connectivity index (χ2v) is 5.96. The lowest BCUT2D eigenvalue weighted by Crippen LogP contribution is -2.20. The van der Waals surface area contributed by atoms with Gasteiger partial charge in [0, 0.05) is 11.9 Å². The fourth-order valence-electron chi connectivity index (χ4n) is 1.91. The van der Waals surface area contributed by atoms with Crippen LogP contribution >= 0.6 is 15.9 Å². The highest BCUT2D eigenvalue weighted by Crippen LogP contribution is 2.32. The van der Waals surface area contributed by atoms with Gasteiger partial charge in [0.1, 0.15) is 0 Å². The van der Waals surface area contributed by atoms with Crippen LogP contribution in [0, 0.1) is 0 Å². The number of alkyl halides is 1. The van der Waals surface area contributed by atoms with E-state index in [1.54, 1.807) is 7.11 Å². The fraction of sp³-hybridized carbons (Fsp3) is 1.00. The number of hydrogen-bond acceptors (Lipinski definition) is 2. The van der Waals surface area contributed by atoms with Crippen LogP contribution in [0.5, 0.6) is 0 Å². The first-order valence-corrected chi connectivity index (χ1v) is 6.26. The van der Waals surface area contributed by atoms with Crippen LogP contribution in [0.25, 0.3) is 0 Å². The van der Waals surface area contributed by atoms with Crippen molar-refractivity contribution in [2.75, 3.05) is 13.7 Å². The molecule has 14 heavy (non-hydrogen) atoms. The van der Waals surface area contributed by atoms with Crippen LogP contribution in [0.3, 0.4) is 0 Å². The van der Waals surface area contributed by atoms with E-state index in [9.17, 15) is 0 Å². The van der Waals surface area contributed by atoms with Crippen LogP contribution in [0.15, 0.2) is 0 Å². The molecule has 2 nitrogen and oxygen atoms in total. The van der Waals surface area contributed by atoms with Crippen molar-refractivity contribution < 1.29 is 9.47 Å². The van der Waals surface area contributed by atoms with Gasteiger partial charge in [0.25, 0.3) is 0 Å². The number of halogens is 1. The normalized spacial score (nSPS) is 27.9. The zero-order chi connectivity index (χ0) is 10.6. The van der Waals surface area contributed by atoms with E-state index < -0.39 is 0 Å². The van der Waals surface area contributed by atoms with Gasteiger partial charge in [0.2, 0.25) is 0 Å². The summed E-state index contributed by atoms with van der Waals surface area (Å²) in [6.45, 7) is 5.14. The zero-order valence-electron chi connectivity index (χ0n) is 9.38. The minimum absolute atomic E-state index is 0.105. The Labute approximate surface area is 95.5 Å². The molecule has 0 bridgehead atoms. The van der Waals surface area contributed by atoms with Gasteiger partial charge in [0.05, 0.1) is 18.3 Å². The molecule has 0 radical (unpaired) electrons. The van der Waals surface area contributed by atoms with Gasteiger partial charge in [0.15, 0.2) is 0 Å². The second kappa shape index (κ2) is 5.47. The van der Waals surface area contributed by atoms with Gasteiger partial charge >= 0.3 is 0 Å². The van der Waals surface area contributed by atoms with Crippen LogP contribution < -0.4 is 0 Å². The van der Waals surface area contributed by atoms with Gasteiger partial charge in [-0.15, -0.1) is 0 Å². The highest BCUT2D eigenvalue weighted by molar-refractivity contribution is 9.09. The van der Waals surface area contributed by atoms with E-state index >= 15 is 0 Å². The van der Waals surface area contributed by atoms with Crippen LogP contribution in [-0.4, -0.2) is 30.2 Å². The van der Waals surface area contributed by atoms with Crippen LogP contribution in [0.4, 0.5) is 0 Å². The lowest BCUT2D eigenvalue weighted by Gasteiger charge is -2.19. The zero-order valence-corrected chi connectivity index (χ0v) is 11.0. The average molecular weight is 265 g/mol. The summed E-state index contributed by atoms with van der Waals surface area (Å²) in [5.41, 5.74) is 0.105. The monoisotopic (exact) mass is 264 g/mol. The van der Waals surface area contributed by atoms with Gasteiger partial charge < -0.3 is 9.47 Å². The molecule has 0 N–H and O–H groups in total. The van der Waals surface area contributed by atoms with Crippen molar-refractivity contribution in [1.29, 1.82) is 0 Å². The lowest BCUT2D eigenvalue weighted by atomic mass is 10.0. The first kappa shape index (κ1) is 12.5. The standard InChI is InChI=1S/C11H21BrO2/c1-11(2)7-6-10(14-11)5-4-9(12)8-13-3/h9-10H,4-8H2,1-3H3. The van der Waals surface area contributed by atoms with E-state index in [0.29, 0.717) is 10.9 Å².